The van der Waals surface area contributed by atoms with Crippen LogP contribution in [-0.4, -0.2) is 29.2 Å². The van der Waals surface area contributed by atoms with Gasteiger partial charge in [0.1, 0.15) is 5.56 Å². The van der Waals surface area contributed by atoms with Gasteiger partial charge in [0.2, 0.25) is 11.8 Å². The topological polar surface area (TPSA) is 87.3 Å². The molecule has 0 atom stereocenters. The van der Waals surface area contributed by atoms with Gasteiger partial charge >= 0.3 is 5.97 Å². The van der Waals surface area contributed by atoms with Crippen LogP contribution in [0.25, 0.3) is 0 Å². The number of nitrogens with two attached hydrogens (primary N) is 1. The zero-order valence-electron chi connectivity index (χ0n) is 9.40. The summed E-state index contributed by atoms with van der Waals surface area (Å²) in [4.78, 5) is 19.1. The summed E-state index contributed by atoms with van der Waals surface area (Å²) in [6.07, 6.45) is 2.12. The van der Waals surface area contributed by atoms with Crippen molar-refractivity contribution in [2.24, 2.45) is 0 Å². The summed E-state index contributed by atoms with van der Waals surface area (Å²) in [7, 11) is 0. The molecule has 0 unspecified atom stereocenters. The number of ether oxygens (including phenoxy) is 2. The van der Waals surface area contributed by atoms with E-state index in [1.165, 1.54) is 6.20 Å². The highest BCUT2D eigenvalue weighted by atomic mass is 16.5. The first-order valence-electron chi connectivity index (χ1n) is 5.11. The predicted molar refractivity (Wildman–Crippen MR) is 58.2 cm³/mol. The van der Waals surface area contributed by atoms with Crippen molar-refractivity contribution in [1.82, 2.24) is 9.97 Å². The van der Waals surface area contributed by atoms with Gasteiger partial charge in [-0.25, -0.2) is 9.78 Å². The third-order valence-electron chi connectivity index (χ3n) is 1.71. The fraction of sp³-hybridized carbons (Fsp3) is 0.500. The van der Waals surface area contributed by atoms with Gasteiger partial charge in [-0.05, 0) is 13.3 Å². The van der Waals surface area contributed by atoms with Crippen LogP contribution in [-0.2, 0) is 4.74 Å². The van der Waals surface area contributed by atoms with Gasteiger partial charge in [-0.2, -0.15) is 4.98 Å². The first-order valence-corrected chi connectivity index (χ1v) is 5.11. The number of aromatic nitrogens is 2. The maximum Gasteiger partial charge on any atom is 0.345 e. The fourth-order valence-corrected chi connectivity index (χ4v) is 1.04. The number of hydrogen-bond acceptors (Lipinski definition) is 6. The number of rotatable bonds is 5. The maximum absolute atomic E-state index is 11.5. The second-order valence-electron chi connectivity index (χ2n) is 3.02. The highest BCUT2D eigenvalue weighted by Gasteiger charge is 2.16. The number of carbonyl (C=O) groups excluding carboxylic acids is 1. The van der Waals surface area contributed by atoms with Crippen molar-refractivity contribution < 1.29 is 14.3 Å². The molecule has 2 N–H and O–H groups in total. The molecular weight excluding hydrogens is 210 g/mol. The molecule has 1 aromatic rings. The molecule has 1 aromatic heterocycles. The van der Waals surface area contributed by atoms with Crippen LogP contribution in [0.2, 0.25) is 0 Å². The van der Waals surface area contributed by atoms with E-state index in [-0.39, 0.29) is 24.0 Å². The van der Waals surface area contributed by atoms with Gasteiger partial charge in [0.25, 0.3) is 0 Å². The maximum atomic E-state index is 11.5. The van der Waals surface area contributed by atoms with Crippen molar-refractivity contribution in [3.63, 3.8) is 0 Å². The first kappa shape index (κ1) is 12.2. The SMILES string of the molecule is CCCOc1nc(N)ncc1C(=O)OCC. The summed E-state index contributed by atoms with van der Waals surface area (Å²) in [6, 6.07) is 0. The molecule has 0 aliphatic carbocycles. The summed E-state index contributed by atoms with van der Waals surface area (Å²) < 4.78 is 10.2. The van der Waals surface area contributed by atoms with Gasteiger partial charge in [0.15, 0.2) is 0 Å². The molecule has 0 bridgehead atoms. The molecule has 0 aliphatic rings. The van der Waals surface area contributed by atoms with E-state index < -0.39 is 5.97 Å². The highest BCUT2D eigenvalue weighted by Crippen LogP contribution is 2.16. The van der Waals surface area contributed by atoms with Crippen LogP contribution in [0.4, 0.5) is 5.95 Å². The molecule has 0 aliphatic heterocycles. The number of nitrogens with zero attached hydrogens (tertiary/aromatic N) is 2. The molecule has 0 spiro atoms. The molecule has 1 rings (SSSR count). The average Bonchev–Trinajstić information content (AvgIpc) is 2.26. The monoisotopic (exact) mass is 225 g/mol. The molecule has 0 radical (unpaired) electrons. The van der Waals surface area contributed by atoms with Crippen molar-refractivity contribution in [1.29, 1.82) is 0 Å². The Kier molecular flexibility index (Phi) is 4.50. The van der Waals surface area contributed by atoms with Gasteiger partial charge in [-0.3, -0.25) is 0 Å². The predicted octanol–water partition coefficient (Wildman–Crippen LogP) is 1.02. The number of carbonyl (C=O) groups is 1. The van der Waals surface area contributed by atoms with Crippen LogP contribution in [0.1, 0.15) is 30.6 Å². The zero-order chi connectivity index (χ0) is 12.0. The average molecular weight is 225 g/mol. The van der Waals surface area contributed by atoms with E-state index in [0.29, 0.717) is 6.61 Å². The number of nitrogen functional groups attached to an aromatic ring is 1. The fourth-order valence-electron chi connectivity index (χ4n) is 1.04. The van der Waals surface area contributed by atoms with Crippen molar-refractivity contribution in [2.75, 3.05) is 18.9 Å². The second kappa shape index (κ2) is 5.89. The Morgan fingerprint density at radius 2 is 2.25 bits per heavy atom. The van der Waals surface area contributed by atoms with Crippen LogP contribution >= 0.6 is 0 Å². The lowest BCUT2D eigenvalue weighted by molar-refractivity contribution is 0.0520. The van der Waals surface area contributed by atoms with Crippen molar-refractivity contribution >= 4 is 11.9 Å². The van der Waals surface area contributed by atoms with Crippen LogP contribution in [0.5, 0.6) is 5.88 Å². The Balaban J connectivity index is 2.92. The van der Waals surface area contributed by atoms with E-state index in [0.717, 1.165) is 6.42 Å². The van der Waals surface area contributed by atoms with E-state index in [2.05, 4.69) is 9.97 Å². The van der Waals surface area contributed by atoms with E-state index in [1.807, 2.05) is 6.92 Å². The summed E-state index contributed by atoms with van der Waals surface area (Å²) in [5, 5.41) is 0. The van der Waals surface area contributed by atoms with Crippen LogP contribution < -0.4 is 10.5 Å². The van der Waals surface area contributed by atoms with Crippen molar-refractivity contribution in [3.8, 4) is 5.88 Å². The van der Waals surface area contributed by atoms with E-state index >= 15 is 0 Å². The van der Waals surface area contributed by atoms with E-state index in [4.69, 9.17) is 15.2 Å². The molecule has 0 saturated heterocycles. The molecule has 0 saturated carbocycles. The van der Waals surface area contributed by atoms with E-state index in [1.54, 1.807) is 6.92 Å². The smallest absolute Gasteiger partial charge is 0.345 e. The number of esters is 1. The Labute approximate surface area is 93.8 Å². The minimum atomic E-state index is -0.506. The Bertz CT molecular complexity index is 368. The van der Waals surface area contributed by atoms with Crippen molar-refractivity contribution in [2.45, 2.75) is 20.3 Å². The lowest BCUT2D eigenvalue weighted by Gasteiger charge is -2.08. The molecular formula is C10H15N3O3. The Morgan fingerprint density at radius 1 is 1.50 bits per heavy atom. The summed E-state index contributed by atoms with van der Waals surface area (Å²) in [5.74, 6) is -0.263. The molecule has 0 amide bonds. The standard InChI is InChI=1S/C10H15N3O3/c1-3-5-16-8-7(9(14)15-4-2)6-12-10(11)13-8/h6H,3-5H2,1-2H3,(H2,11,12,13). The number of anilines is 1. The van der Waals surface area contributed by atoms with Crippen LogP contribution in [0.15, 0.2) is 6.20 Å². The Hall–Kier alpha value is -1.85. The molecule has 0 aromatic carbocycles. The van der Waals surface area contributed by atoms with Crippen LogP contribution in [0, 0.1) is 0 Å². The third kappa shape index (κ3) is 3.08. The van der Waals surface area contributed by atoms with Gasteiger partial charge in [-0.15, -0.1) is 0 Å². The van der Waals surface area contributed by atoms with Gasteiger partial charge in [0, 0.05) is 0 Å². The number of hydrogen-bond donors (Lipinski definition) is 1. The molecule has 0 fully saturated rings. The summed E-state index contributed by atoms with van der Waals surface area (Å²) >= 11 is 0. The first-order chi connectivity index (χ1) is 7.69. The zero-order valence-corrected chi connectivity index (χ0v) is 9.40. The second-order valence-corrected chi connectivity index (χ2v) is 3.02. The quantitative estimate of drug-likeness (QED) is 0.753. The summed E-state index contributed by atoms with van der Waals surface area (Å²) in [5.41, 5.74) is 5.62. The molecule has 88 valence electrons. The Morgan fingerprint density at radius 3 is 2.88 bits per heavy atom. The lowest BCUT2D eigenvalue weighted by Crippen LogP contribution is -2.11. The highest BCUT2D eigenvalue weighted by molar-refractivity contribution is 5.91. The van der Waals surface area contributed by atoms with Gasteiger partial charge in [0.05, 0.1) is 19.4 Å². The normalized spacial score (nSPS) is 9.88. The van der Waals surface area contributed by atoms with Crippen molar-refractivity contribution in [3.05, 3.63) is 11.8 Å². The van der Waals surface area contributed by atoms with Crippen LogP contribution in [0.3, 0.4) is 0 Å². The molecule has 16 heavy (non-hydrogen) atoms. The van der Waals surface area contributed by atoms with Gasteiger partial charge in [-0.1, -0.05) is 6.92 Å². The minimum absolute atomic E-state index is 0.0687. The summed E-state index contributed by atoms with van der Waals surface area (Å²) in [6.45, 7) is 4.43. The van der Waals surface area contributed by atoms with Gasteiger partial charge < -0.3 is 15.2 Å². The lowest BCUT2D eigenvalue weighted by atomic mass is 10.3. The third-order valence-corrected chi connectivity index (χ3v) is 1.71. The molecule has 1 heterocycles. The largest absolute Gasteiger partial charge is 0.477 e. The molecule has 6 heteroatoms. The minimum Gasteiger partial charge on any atom is -0.477 e. The molecule has 6 nitrogen and oxygen atoms in total. The van der Waals surface area contributed by atoms with E-state index in [9.17, 15) is 4.79 Å².